The number of nitrogens with zero attached hydrogens (tertiary/aromatic N) is 1. The summed E-state index contributed by atoms with van der Waals surface area (Å²) >= 11 is 0. The first-order chi connectivity index (χ1) is 12.0. The van der Waals surface area contributed by atoms with Crippen molar-refractivity contribution in [2.45, 2.75) is 19.8 Å². The van der Waals surface area contributed by atoms with Crippen molar-refractivity contribution in [1.29, 1.82) is 0 Å². The zero-order chi connectivity index (χ0) is 18.2. The van der Waals surface area contributed by atoms with E-state index < -0.39 is 17.5 Å². The van der Waals surface area contributed by atoms with Crippen LogP contribution in [0.3, 0.4) is 0 Å². The van der Waals surface area contributed by atoms with Gasteiger partial charge >= 0.3 is 0 Å². The average Bonchev–Trinajstić information content (AvgIpc) is 2.60. The lowest BCUT2D eigenvalue weighted by atomic mass is 10.1. The lowest BCUT2D eigenvalue weighted by Crippen LogP contribution is -2.40. The molecule has 0 aliphatic rings. The number of hydrogen-bond donors (Lipinski definition) is 1. The first kappa shape index (κ1) is 18.6. The summed E-state index contributed by atoms with van der Waals surface area (Å²) in [5.41, 5.74) is 1.33. The molecule has 0 radical (unpaired) electrons. The van der Waals surface area contributed by atoms with E-state index in [0.29, 0.717) is 6.54 Å². The third kappa shape index (κ3) is 5.67. The molecule has 6 heteroatoms. The normalized spacial score (nSPS) is 10.4. The van der Waals surface area contributed by atoms with Crippen molar-refractivity contribution in [3.05, 3.63) is 65.7 Å². The standard InChI is InChI=1S/C19H20F2N2O2/c1-14(24)23(16-9-10-17(20)18(21)12-16)13-19(25)22-11-5-8-15-6-3-2-4-7-15/h2-4,6-7,9-10,12H,5,8,11,13H2,1H3,(H,22,25). The number of rotatable bonds is 7. The SMILES string of the molecule is CC(=O)N(CC(=O)NCCCc1ccccc1)c1ccc(F)c(F)c1. The summed E-state index contributed by atoms with van der Waals surface area (Å²) in [6.07, 6.45) is 1.60. The topological polar surface area (TPSA) is 49.4 Å². The maximum Gasteiger partial charge on any atom is 0.240 e. The van der Waals surface area contributed by atoms with Crippen molar-refractivity contribution in [3.63, 3.8) is 0 Å². The Bertz CT molecular complexity index is 735. The zero-order valence-electron chi connectivity index (χ0n) is 14.0. The summed E-state index contributed by atoms with van der Waals surface area (Å²) in [6, 6.07) is 13.0. The molecule has 4 nitrogen and oxygen atoms in total. The third-order valence-electron chi connectivity index (χ3n) is 3.70. The minimum Gasteiger partial charge on any atom is -0.355 e. The summed E-state index contributed by atoms with van der Waals surface area (Å²) < 4.78 is 26.4. The van der Waals surface area contributed by atoms with Crippen LogP contribution in [0.5, 0.6) is 0 Å². The van der Waals surface area contributed by atoms with Crippen molar-refractivity contribution in [1.82, 2.24) is 5.32 Å². The van der Waals surface area contributed by atoms with Gasteiger partial charge in [0.15, 0.2) is 11.6 Å². The van der Waals surface area contributed by atoms with E-state index in [4.69, 9.17) is 0 Å². The molecule has 0 bridgehead atoms. The number of nitrogens with one attached hydrogen (secondary N) is 1. The monoisotopic (exact) mass is 346 g/mol. The summed E-state index contributed by atoms with van der Waals surface area (Å²) in [7, 11) is 0. The number of carbonyl (C=O) groups excluding carboxylic acids is 2. The van der Waals surface area contributed by atoms with Gasteiger partial charge in [0.1, 0.15) is 6.54 Å². The molecule has 2 aromatic rings. The van der Waals surface area contributed by atoms with E-state index in [1.54, 1.807) is 0 Å². The van der Waals surface area contributed by atoms with Crippen LogP contribution in [-0.2, 0) is 16.0 Å². The van der Waals surface area contributed by atoms with Gasteiger partial charge in [-0.15, -0.1) is 0 Å². The molecule has 1 N–H and O–H groups in total. The molecule has 0 aromatic heterocycles. The molecule has 0 spiro atoms. The smallest absolute Gasteiger partial charge is 0.240 e. The van der Waals surface area contributed by atoms with E-state index in [-0.39, 0.29) is 18.1 Å². The van der Waals surface area contributed by atoms with E-state index in [9.17, 15) is 18.4 Å². The Morgan fingerprint density at radius 3 is 2.40 bits per heavy atom. The molecule has 0 aliphatic carbocycles. The van der Waals surface area contributed by atoms with Gasteiger partial charge in [0, 0.05) is 25.2 Å². The molecule has 25 heavy (non-hydrogen) atoms. The van der Waals surface area contributed by atoms with E-state index >= 15 is 0 Å². The molecular weight excluding hydrogens is 326 g/mol. The molecule has 2 rings (SSSR count). The molecule has 0 saturated heterocycles. The number of carbonyl (C=O) groups is 2. The fourth-order valence-electron chi connectivity index (χ4n) is 2.40. The number of benzene rings is 2. The van der Waals surface area contributed by atoms with Crippen molar-refractivity contribution < 1.29 is 18.4 Å². The second kappa shape index (κ2) is 8.92. The lowest BCUT2D eigenvalue weighted by molar-refractivity contribution is -0.123. The first-order valence-corrected chi connectivity index (χ1v) is 8.01. The highest BCUT2D eigenvalue weighted by Gasteiger charge is 2.17. The van der Waals surface area contributed by atoms with Gasteiger partial charge in [-0.2, -0.15) is 0 Å². The molecule has 132 valence electrons. The van der Waals surface area contributed by atoms with Crippen molar-refractivity contribution in [3.8, 4) is 0 Å². The molecule has 2 amide bonds. The molecule has 0 aliphatic heterocycles. The Balaban J connectivity index is 1.85. The van der Waals surface area contributed by atoms with Crippen molar-refractivity contribution >= 4 is 17.5 Å². The van der Waals surface area contributed by atoms with Gasteiger partial charge in [0.2, 0.25) is 11.8 Å². The number of aryl methyl sites for hydroxylation is 1. The van der Waals surface area contributed by atoms with Crippen LogP contribution in [0.4, 0.5) is 14.5 Å². The molecular formula is C19H20F2N2O2. The van der Waals surface area contributed by atoms with Crippen LogP contribution in [-0.4, -0.2) is 24.9 Å². The lowest BCUT2D eigenvalue weighted by Gasteiger charge is -2.20. The van der Waals surface area contributed by atoms with Crippen LogP contribution in [0.2, 0.25) is 0 Å². The highest BCUT2D eigenvalue weighted by molar-refractivity contribution is 5.97. The Labute approximate surface area is 145 Å². The van der Waals surface area contributed by atoms with Gasteiger partial charge in [-0.05, 0) is 30.5 Å². The predicted octanol–water partition coefficient (Wildman–Crippen LogP) is 3.07. The summed E-state index contributed by atoms with van der Waals surface area (Å²) in [5, 5.41) is 2.73. The summed E-state index contributed by atoms with van der Waals surface area (Å²) in [6.45, 7) is 1.49. The van der Waals surface area contributed by atoms with E-state index in [1.807, 2.05) is 30.3 Å². The zero-order valence-corrected chi connectivity index (χ0v) is 14.0. The van der Waals surface area contributed by atoms with Crippen LogP contribution < -0.4 is 10.2 Å². The fraction of sp³-hybridized carbons (Fsp3) is 0.263. The van der Waals surface area contributed by atoms with Crippen LogP contribution >= 0.6 is 0 Å². The summed E-state index contributed by atoms with van der Waals surface area (Å²) in [4.78, 5) is 24.8. The third-order valence-corrected chi connectivity index (χ3v) is 3.70. The van der Waals surface area contributed by atoms with Crippen LogP contribution in [0.25, 0.3) is 0 Å². The van der Waals surface area contributed by atoms with E-state index in [0.717, 1.165) is 29.9 Å². The Morgan fingerprint density at radius 2 is 1.76 bits per heavy atom. The number of anilines is 1. The van der Waals surface area contributed by atoms with E-state index in [2.05, 4.69) is 5.32 Å². The van der Waals surface area contributed by atoms with Gasteiger partial charge in [-0.3, -0.25) is 9.59 Å². The molecule has 0 saturated carbocycles. The van der Waals surface area contributed by atoms with Crippen LogP contribution in [0, 0.1) is 11.6 Å². The highest BCUT2D eigenvalue weighted by atomic mass is 19.2. The van der Waals surface area contributed by atoms with Crippen LogP contribution in [0.1, 0.15) is 18.9 Å². The van der Waals surface area contributed by atoms with Crippen molar-refractivity contribution in [2.75, 3.05) is 18.0 Å². The molecule has 0 atom stereocenters. The number of halogens is 2. The quantitative estimate of drug-likeness (QED) is 0.784. The van der Waals surface area contributed by atoms with Gasteiger partial charge in [-0.1, -0.05) is 30.3 Å². The Hall–Kier alpha value is -2.76. The van der Waals surface area contributed by atoms with E-state index in [1.165, 1.54) is 18.6 Å². The predicted molar refractivity (Wildman–Crippen MR) is 92.2 cm³/mol. The van der Waals surface area contributed by atoms with Gasteiger partial charge in [0.25, 0.3) is 0 Å². The maximum absolute atomic E-state index is 13.3. The maximum atomic E-state index is 13.3. The minimum atomic E-state index is -1.06. The Morgan fingerprint density at radius 1 is 1.04 bits per heavy atom. The van der Waals surface area contributed by atoms with Gasteiger partial charge in [-0.25, -0.2) is 8.78 Å². The van der Waals surface area contributed by atoms with Crippen LogP contribution in [0.15, 0.2) is 48.5 Å². The number of hydrogen-bond acceptors (Lipinski definition) is 2. The summed E-state index contributed by atoms with van der Waals surface area (Å²) in [5.74, 6) is -2.84. The molecule has 0 unspecified atom stereocenters. The fourth-order valence-corrected chi connectivity index (χ4v) is 2.40. The van der Waals surface area contributed by atoms with Crippen molar-refractivity contribution in [2.24, 2.45) is 0 Å². The van der Waals surface area contributed by atoms with Gasteiger partial charge in [0.05, 0.1) is 0 Å². The molecule has 2 aromatic carbocycles. The largest absolute Gasteiger partial charge is 0.355 e. The first-order valence-electron chi connectivity index (χ1n) is 8.01. The minimum absolute atomic E-state index is 0.144. The van der Waals surface area contributed by atoms with Gasteiger partial charge < -0.3 is 10.2 Å². The second-order valence-corrected chi connectivity index (χ2v) is 5.64. The average molecular weight is 346 g/mol. The number of amides is 2. The molecule has 0 fully saturated rings. The molecule has 0 heterocycles. The second-order valence-electron chi connectivity index (χ2n) is 5.64. The highest BCUT2D eigenvalue weighted by Crippen LogP contribution is 2.18. The Kier molecular flexibility index (Phi) is 6.62.